The van der Waals surface area contributed by atoms with Crippen LogP contribution in [0, 0.1) is 23.2 Å². The van der Waals surface area contributed by atoms with Gasteiger partial charge in [0, 0.05) is 25.2 Å². The van der Waals surface area contributed by atoms with Crippen LogP contribution in [-0.4, -0.2) is 68.3 Å². The van der Waals surface area contributed by atoms with Crippen LogP contribution in [0.2, 0.25) is 0 Å². The summed E-state index contributed by atoms with van der Waals surface area (Å²) in [5.41, 5.74) is 1.20. The van der Waals surface area contributed by atoms with Gasteiger partial charge in [0.25, 0.3) is 11.8 Å². The number of nitriles is 1. The molecule has 0 spiro atoms. The molecule has 2 amide bonds. The molecule has 10 nitrogen and oxygen atoms in total. The quantitative estimate of drug-likeness (QED) is 0.294. The van der Waals surface area contributed by atoms with Crippen LogP contribution in [0.15, 0.2) is 36.7 Å². The predicted molar refractivity (Wildman–Crippen MR) is 143 cm³/mol. The first-order valence-corrected chi connectivity index (χ1v) is 13.3. The number of aromatic nitrogens is 3. The summed E-state index contributed by atoms with van der Waals surface area (Å²) in [7, 11) is 0. The zero-order valence-electron chi connectivity index (χ0n) is 22.5. The van der Waals surface area contributed by atoms with Crippen LogP contribution < -0.4 is 16.0 Å². The molecule has 0 aromatic carbocycles. The molecule has 3 aromatic heterocycles. The highest BCUT2D eigenvalue weighted by molar-refractivity contribution is 6.00. The van der Waals surface area contributed by atoms with Gasteiger partial charge in [-0.1, -0.05) is 0 Å². The number of hydrogen-bond donors (Lipinski definition) is 4. The minimum atomic E-state index is -2.90. The molecule has 41 heavy (non-hydrogen) atoms. The van der Waals surface area contributed by atoms with Crippen LogP contribution >= 0.6 is 0 Å². The summed E-state index contributed by atoms with van der Waals surface area (Å²) in [6.07, 6.45) is 1.98. The lowest BCUT2D eigenvalue weighted by atomic mass is 9.80. The van der Waals surface area contributed by atoms with Crippen LogP contribution in [0.25, 0.3) is 16.9 Å². The SMILES string of the molecule is CC(C)(O)[C@H](F)CNC(=O)c1cnc(-c2ccc3cc(C#N)cnn23)cc1NC1CC(CNC(=O)C2CC2(F)F)C1. The van der Waals surface area contributed by atoms with Gasteiger partial charge in [-0.2, -0.15) is 10.4 Å². The molecular weight excluding hydrogens is 539 g/mol. The van der Waals surface area contributed by atoms with Crippen molar-refractivity contribution < 1.29 is 27.9 Å². The molecule has 4 N–H and O–H groups in total. The summed E-state index contributed by atoms with van der Waals surface area (Å²) in [5.74, 6) is -5.26. The second-order valence-electron chi connectivity index (χ2n) is 11.3. The highest BCUT2D eigenvalue weighted by atomic mass is 19.3. The van der Waals surface area contributed by atoms with E-state index in [0.29, 0.717) is 47.5 Å². The van der Waals surface area contributed by atoms with Crippen LogP contribution in [0.1, 0.15) is 49.0 Å². The maximum atomic E-state index is 14.3. The summed E-state index contributed by atoms with van der Waals surface area (Å²) in [4.78, 5) is 29.4. The number of rotatable bonds is 10. The summed E-state index contributed by atoms with van der Waals surface area (Å²) in [5, 5.41) is 31.8. The largest absolute Gasteiger partial charge is 0.387 e. The Morgan fingerprint density at radius 2 is 1.98 bits per heavy atom. The first-order valence-electron chi connectivity index (χ1n) is 13.3. The number of anilines is 1. The first-order chi connectivity index (χ1) is 19.4. The van der Waals surface area contributed by atoms with Crippen molar-refractivity contribution in [1.29, 1.82) is 5.26 Å². The Hall–Kier alpha value is -4.18. The molecule has 13 heteroatoms. The molecule has 2 saturated carbocycles. The van der Waals surface area contributed by atoms with E-state index in [0.717, 1.165) is 0 Å². The van der Waals surface area contributed by atoms with Crippen molar-refractivity contribution in [2.24, 2.45) is 11.8 Å². The molecule has 1 unspecified atom stereocenters. The number of hydrogen-bond acceptors (Lipinski definition) is 7. The van der Waals surface area contributed by atoms with E-state index in [4.69, 9.17) is 5.26 Å². The van der Waals surface area contributed by atoms with Crippen molar-refractivity contribution in [3.63, 3.8) is 0 Å². The van der Waals surface area contributed by atoms with Crippen molar-refractivity contribution in [3.05, 3.63) is 47.8 Å². The van der Waals surface area contributed by atoms with Gasteiger partial charge >= 0.3 is 0 Å². The van der Waals surface area contributed by atoms with E-state index in [-0.39, 0.29) is 17.5 Å². The fourth-order valence-corrected chi connectivity index (χ4v) is 4.78. The number of carbonyl (C=O) groups is 2. The van der Waals surface area contributed by atoms with E-state index in [1.165, 1.54) is 26.2 Å². The number of nitrogens with zero attached hydrogens (tertiary/aromatic N) is 4. The van der Waals surface area contributed by atoms with Gasteiger partial charge in [-0.3, -0.25) is 14.6 Å². The van der Waals surface area contributed by atoms with Crippen molar-refractivity contribution in [3.8, 4) is 17.5 Å². The van der Waals surface area contributed by atoms with Gasteiger partial charge < -0.3 is 21.1 Å². The Labute approximate surface area is 233 Å². The summed E-state index contributed by atoms with van der Waals surface area (Å²) in [6.45, 7) is 2.52. The number of carbonyl (C=O) groups excluding carboxylic acids is 2. The van der Waals surface area contributed by atoms with Gasteiger partial charge in [0.05, 0.1) is 52.1 Å². The van der Waals surface area contributed by atoms with E-state index < -0.39 is 48.4 Å². The van der Waals surface area contributed by atoms with E-state index in [1.807, 2.05) is 6.07 Å². The molecule has 2 aliphatic rings. The van der Waals surface area contributed by atoms with Crippen molar-refractivity contribution in [1.82, 2.24) is 25.2 Å². The third-order valence-corrected chi connectivity index (χ3v) is 7.55. The Morgan fingerprint density at radius 3 is 2.63 bits per heavy atom. The van der Waals surface area contributed by atoms with Crippen molar-refractivity contribution in [2.45, 2.75) is 56.8 Å². The Kier molecular flexibility index (Phi) is 7.37. The molecule has 216 valence electrons. The number of aliphatic hydroxyl groups is 1. The van der Waals surface area contributed by atoms with Crippen LogP contribution in [0.4, 0.5) is 18.9 Å². The molecule has 5 rings (SSSR count). The Morgan fingerprint density at radius 1 is 1.24 bits per heavy atom. The number of amides is 2. The normalized spacial score (nSPS) is 21.8. The summed E-state index contributed by atoms with van der Waals surface area (Å²) in [6, 6.07) is 8.93. The molecule has 2 aliphatic carbocycles. The van der Waals surface area contributed by atoms with Crippen LogP contribution in [0.5, 0.6) is 0 Å². The maximum Gasteiger partial charge on any atom is 0.260 e. The number of nitrogens with one attached hydrogen (secondary N) is 3. The van der Waals surface area contributed by atoms with Gasteiger partial charge in [-0.05, 0) is 56.9 Å². The van der Waals surface area contributed by atoms with Crippen LogP contribution in [-0.2, 0) is 4.79 Å². The number of alkyl halides is 3. The van der Waals surface area contributed by atoms with Gasteiger partial charge in [0.1, 0.15) is 18.2 Å². The maximum absolute atomic E-state index is 14.3. The van der Waals surface area contributed by atoms with Gasteiger partial charge in [-0.25, -0.2) is 17.7 Å². The number of halogens is 3. The zero-order valence-corrected chi connectivity index (χ0v) is 22.5. The Balaban J connectivity index is 1.31. The highest BCUT2D eigenvalue weighted by Gasteiger charge is 2.61. The average molecular weight is 570 g/mol. The predicted octanol–water partition coefficient (Wildman–Crippen LogP) is 3.07. The van der Waals surface area contributed by atoms with Crippen LogP contribution in [0.3, 0.4) is 0 Å². The van der Waals surface area contributed by atoms with Gasteiger partial charge in [0.2, 0.25) is 5.91 Å². The second-order valence-corrected chi connectivity index (χ2v) is 11.3. The van der Waals surface area contributed by atoms with E-state index in [1.54, 1.807) is 28.8 Å². The van der Waals surface area contributed by atoms with Gasteiger partial charge in [0.15, 0.2) is 0 Å². The highest BCUT2D eigenvalue weighted by Crippen LogP contribution is 2.48. The van der Waals surface area contributed by atoms with Gasteiger partial charge in [-0.15, -0.1) is 0 Å². The number of pyridine rings is 1. The molecule has 3 heterocycles. The van der Waals surface area contributed by atoms with E-state index in [9.17, 15) is 27.9 Å². The van der Waals surface area contributed by atoms with E-state index in [2.05, 4.69) is 26.0 Å². The standard InChI is InChI=1S/C28H30F3N7O3/c1-27(2,41)24(29)14-35-25(39)19-13-33-22(23-4-3-18-7-16(10-32)12-36-38(18)23)8-21(19)37-17-5-15(6-17)11-34-26(40)20-9-28(20,30)31/h3-4,7-8,12-13,15,17,20,24,41H,5-6,9,11,14H2,1-2H3,(H,33,37)(H,34,40)(H,35,39)/t15?,17?,20?,24-/m1/s1. The molecule has 0 aliphatic heterocycles. The minimum absolute atomic E-state index is 0.0632. The fourth-order valence-electron chi connectivity index (χ4n) is 4.78. The average Bonchev–Trinajstić information content (AvgIpc) is 3.35. The third kappa shape index (κ3) is 6.12. The zero-order chi connectivity index (χ0) is 29.5. The lowest BCUT2D eigenvalue weighted by Crippen LogP contribution is -2.43. The molecule has 0 radical (unpaired) electrons. The van der Waals surface area contributed by atoms with Crippen molar-refractivity contribution >= 4 is 23.0 Å². The number of fused-ring (bicyclic) bond motifs is 1. The van der Waals surface area contributed by atoms with Crippen molar-refractivity contribution in [2.75, 3.05) is 18.4 Å². The first kappa shape index (κ1) is 28.4. The summed E-state index contributed by atoms with van der Waals surface area (Å²) >= 11 is 0. The molecule has 0 saturated heterocycles. The third-order valence-electron chi connectivity index (χ3n) is 7.55. The fraction of sp³-hybridized carbons (Fsp3) is 0.464. The lowest BCUT2D eigenvalue weighted by Gasteiger charge is -2.37. The minimum Gasteiger partial charge on any atom is -0.387 e. The molecule has 2 atom stereocenters. The van der Waals surface area contributed by atoms with E-state index >= 15 is 0 Å². The molecular formula is C28H30F3N7O3. The Bertz CT molecular complexity index is 1520. The molecule has 0 bridgehead atoms. The summed E-state index contributed by atoms with van der Waals surface area (Å²) < 4.78 is 42.2. The second kappa shape index (κ2) is 10.7. The monoisotopic (exact) mass is 569 g/mol. The lowest BCUT2D eigenvalue weighted by molar-refractivity contribution is -0.124. The molecule has 2 fully saturated rings. The molecule has 3 aromatic rings. The topological polar surface area (TPSA) is 144 Å². The smallest absolute Gasteiger partial charge is 0.260 e.